The van der Waals surface area contributed by atoms with Crippen LogP contribution in [0.1, 0.15) is 10.4 Å². The average Bonchev–Trinajstić information content (AvgIpc) is 2.97. The van der Waals surface area contributed by atoms with Crippen molar-refractivity contribution in [2.45, 2.75) is 18.0 Å². The standard InChI is InChI=1S/C15H19N3O3S2/c1-18(10-13-3-2-8-22-13)11-15(19)17-9-12-4-6-14(7-5-12)23(16,20)21/h2-8H,9-11H2,1H3,(H,17,19)(H2,16,20,21). The van der Waals surface area contributed by atoms with Gasteiger partial charge in [-0.2, -0.15) is 0 Å². The maximum atomic E-state index is 11.9. The van der Waals surface area contributed by atoms with Crippen LogP contribution in [0.5, 0.6) is 0 Å². The number of nitrogens with two attached hydrogens (primary N) is 1. The maximum absolute atomic E-state index is 11.9. The van der Waals surface area contributed by atoms with Gasteiger partial charge in [0.1, 0.15) is 0 Å². The summed E-state index contributed by atoms with van der Waals surface area (Å²) in [4.78, 5) is 15.1. The molecule has 0 saturated carbocycles. The second kappa shape index (κ2) is 7.69. The molecule has 8 heteroatoms. The second-order valence-electron chi connectivity index (χ2n) is 5.22. The molecule has 1 heterocycles. The molecular weight excluding hydrogens is 334 g/mol. The molecule has 124 valence electrons. The zero-order valence-electron chi connectivity index (χ0n) is 12.7. The topological polar surface area (TPSA) is 92.5 Å². The lowest BCUT2D eigenvalue weighted by atomic mass is 10.2. The number of nitrogens with one attached hydrogen (secondary N) is 1. The minimum absolute atomic E-state index is 0.0586. The van der Waals surface area contributed by atoms with E-state index in [0.717, 1.165) is 12.1 Å². The number of carbonyl (C=O) groups excluding carboxylic acids is 1. The van der Waals surface area contributed by atoms with Gasteiger partial charge in [0.2, 0.25) is 15.9 Å². The fraction of sp³-hybridized carbons (Fsp3) is 0.267. The Balaban J connectivity index is 1.80. The van der Waals surface area contributed by atoms with Crippen molar-refractivity contribution in [3.8, 4) is 0 Å². The van der Waals surface area contributed by atoms with E-state index in [1.165, 1.54) is 17.0 Å². The molecule has 0 bridgehead atoms. The highest BCUT2D eigenvalue weighted by molar-refractivity contribution is 7.89. The molecular formula is C15H19N3O3S2. The van der Waals surface area contributed by atoms with Gasteiger partial charge in [-0.3, -0.25) is 9.69 Å². The van der Waals surface area contributed by atoms with Crippen molar-refractivity contribution in [3.05, 3.63) is 52.2 Å². The van der Waals surface area contributed by atoms with Gasteiger partial charge in [-0.15, -0.1) is 11.3 Å². The van der Waals surface area contributed by atoms with Crippen LogP contribution in [-0.4, -0.2) is 32.8 Å². The number of benzene rings is 1. The number of carbonyl (C=O) groups is 1. The number of likely N-dealkylation sites (N-methyl/N-ethyl adjacent to an activating group) is 1. The largest absolute Gasteiger partial charge is 0.351 e. The molecule has 3 N–H and O–H groups in total. The van der Waals surface area contributed by atoms with Gasteiger partial charge in [-0.1, -0.05) is 18.2 Å². The summed E-state index contributed by atoms with van der Waals surface area (Å²) in [5.41, 5.74) is 0.812. The molecule has 2 aromatic rings. The first-order valence-corrected chi connectivity index (χ1v) is 9.36. The maximum Gasteiger partial charge on any atom is 0.238 e. The fourth-order valence-electron chi connectivity index (χ4n) is 2.02. The number of nitrogens with zero attached hydrogens (tertiary/aromatic N) is 1. The summed E-state index contributed by atoms with van der Waals surface area (Å²) in [7, 11) is -1.80. The Bertz CT molecular complexity index is 741. The highest BCUT2D eigenvalue weighted by Crippen LogP contribution is 2.11. The van der Waals surface area contributed by atoms with Crippen LogP contribution in [0.3, 0.4) is 0 Å². The molecule has 1 amide bonds. The fourth-order valence-corrected chi connectivity index (χ4v) is 3.32. The molecule has 0 aliphatic heterocycles. The molecule has 0 aliphatic carbocycles. The van der Waals surface area contributed by atoms with E-state index in [1.807, 2.05) is 29.5 Å². The van der Waals surface area contributed by atoms with Crippen LogP contribution >= 0.6 is 11.3 Å². The quantitative estimate of drug-likeness (QED) is 0.781. The van der Waals surface area contributed by atoms with Crippen LogP contribution in [-0.2, 0) is 27.9 Å². The zero-order chi connectivity index (χ0) is 16.9. The lowest BCUT2D eigenvalue weighted by Gasteiger charge is -2.15. The van der Waals surface area contributed by atoms with Crippen LogP contribution in [0.25, 0.3) is 0 Å². The van der Waals surface area contributed by atoms with Gasteiger partial charge in [-0.25, -0.2) is 13.6 Å². The molecule has 6 nitrogen and oxygen atoms in total. The van der Waals surface area contributed by atoms with Gasteiger partial charge < -0.3 is 5.32 Å². The lowest BCUT2D eigenvalue weighted by molar-refractivity contribution is -0.122. The van der Waals surface area contributed by atoms with Crippen LogP contribution in [0.15, 0.2) is 46.7 Å². The van der Waals surface area contributed by atoms with E-state index < -0.39 is 10.0 Å². The molecule has 0 spiro atoms. The van der Waals surface area contributed by atoms with Gasteiger partial charge in [0.25, 0.3) is 0 Å². The van der Waals surface area contributed by atoms with Crippen LogP contribution in [0.4, 0.5) is 0 Å². The molecule has 0 atom stereocenters. The summed E-state index contributed by atoms with van der Waals surface area (Å²) in [5, 5.41) is 9.86. The van der Waals surface area contributed by atoms with E-state index in [-0.39, 0.29) is 10.8 Å². The van der Waals surface area contributed by atoms with Gasteiger partial charge in [0.05, 0.1) is 11.4 Å². The number of primary sulfonamides is 1. The predicted molar refractivity (Wildman–Crippen MR) is 90.3 cm³/mol. The normalized spacial score (nSPS) is 11.6. The second-order valence-corrected chi connectivity index (χ2v) is 7.81. The molecule has 1 aromatic heterocycles. The summed E-state index contributed by atoms with van der Waals surface area (Å²) < 4.78 is 22.3. The molecule has 0 fully saturated rings. The van der Waals surface area contributed by atoms with Gasteiger partial charge in [0, 0.05) is 18.0 Å². The minimum Gasteiger partial charge on any atom is -0.351 e. The number of rotatable bonds is 7. The molecule has 0 aliphatic rings. The third kappa shape index (κ3) is 5.76. The first-order chi connectivity index (χ1) is 10.8. The minimum atomic E-state index is -3.68. The smallest absolute Gasteiger partial charge is 0.238 e. The number of amides is 1. The zero-order valence-corrected chi connectivity index (χ0v) is 14.4. The van der Waals surface area contributed by atoms with Crippen LogP contribution < -0.4 is 10.5 Å². The van der Waals surface area contributed by atoms with E-state index in [1.54, 1.807) is 23.5 Å². The Morgan fingerprint density at radius 3 is 2.52 bits per heavy atom. The average molecular weight is 353 g/mol. The Morgan fingerprint density at radius 2 is 1.96 bits per heavy atom. The van der Waals surface area contributed by atoms with Gasteiger partial charge in [0.15, 0.2) is 0 Å². The monoisotopic (exact) mass is 353 g/mol. The first kappa shape index (κ1) is 17.6. The van der Waals surface area contributed by atoms with Crippen LogP contribution in [0, 0.1) is 0 Å². The summed E-state index contributed by atoms with van der Waals surface area (Å²) >= 11 is 1.66. The van der Waals surface area contributed by atoms with Gasteiger partial charge >= 0.3 is 0 Å². The van der Waals surface area contributed by atoms with Crippen molar-refractivity contribution in [2.75, 3.05) is 13.6 Å². The van der Waals surface area contributed by atoms with Gasteiger partial charge in [-0.05, 0) is 36.2 Å². The molecule has 23 heavy (non-hydrogen) atoms. The molecule has 0 saturated heterocycles. The number of thiophene rings is 1. The van der Waals surface area contributed by atoms with E-state index in [2.05, 4.69) is 5.32 Å². The molecule has 1 aromatic carbocycles. The SMILES string of the molecule is CN(CC(=O)NCc1ccc(S(N)(=O)=O)cc1)Cc1cccs1. The van der Waals surface area contributed by atoms with Crippen molar-refractivity contribution < 1.29 is 13.2 Å². The number of hydrogen-bond donors (Lipinski definition) is 2. The van der Waals surface area contributed by atoms with E-state index in [0.29, 0.717) is 13.1 Å². The van der Waals surface area contributed by atoms with Crippen molar-refractivity contribution in [3.63, 3.8) is 0 Å². The predicted octanol–water partition coefficient (Wildman–Crippen LogP) is 1.14. The first-order valence-electron chi connectivity index (χ1n) is 6.94. The molecule has 2 rings (SSSR count). The lowest BCUT2D eigenvalue weighted by Crippen LogP contribution is -2.34. The Kier molecular flexibility index (Phi) is 5.89. The molecule has 0 radical (unpaired) electrons. The highest BCUT2D eigenvalue weighted by Gasteiger charge is 2.09. The number of sulfonamides is 1. The van der Waals surface area contributed by atoms with E-state index in [4.69, 9.17) is 5.14 Å². The summed E-state index contributed by atoms with van der Waals surface area (Å²) in [6, 6.07) is 10.1. The Hall–Kier alpha value is -1.74. The summed E-state index contributed by atoms with van der Waals surface area (Å²) in [6.45, 7) is 1.37. The van der Waals surface area contributed by atoms with Crippen LogP contribution in [0.2, 0.25) is 0 Å². The van der Waals surface area contributed by atoms with Crippen molar-refractivity contribution in [1.82, 2.24) is 10.2 Å². The van der Waals surface area contributed by atoms with E-state index >= 15 is 0 Å². The third-order valence-electron chi connectivity index (χ3n) is 3.16. The Morgan fingerprint density at radius 1 is 1.26 bits per heavy atom. The van der Waals surface area contributed by atoms with Crippen molar-refractivity contribution in [2.24, 2.45) is 5.14 Å². The third-order valence-corrected chi connectivity index (χ3v) is 4.95. The summed E-state index contributed by atoms with van der Waals surface area (Å²) in [5.74, 6) is -0.0837. The summed E-state index contributed by atoms with van der Waals surface area (Å²) in [6.07, 6.45) is 0. The van der Waals surface area contributed by atoms with Crippen molar-refractivity contribution >= 4 is 27.3 Å². The number of hydrogen-bond acceptors (Lipinski definition) is 5. The van der Waals surface area contributed by atoms with E-state index in [9.17, 15) is 13.2 Å². The Labute approximate surface area is 140 Å². The molecule has 0 unspecified atom stereocenters. The van der Waals surface area contributed by atoms with Crippen molar-refractivity contribution in [1.29, 1.82) is 0 Å². The highest BCUT2D eigenvalue weighted by atomic mass is 32.2.